The van der Waals surface area contributed by atoms with Gasteiger partial charge in [-0.3, -0.25) is 4.79 Å². The molecule has 1 N–H and O–H groups in total. The summed E-state index contributed by atoms with van der Waals surface area (Å²) < 4.78 is 33.1. The van der Waals surface area contributed by atoms with Crippen molar-refractivity contribution in [2.45, 2.75) is 6.92 Å². The number of rotatable bonds is 3. The number of nitrogens with zero attached hydrogens (tertiary/aromatic N) is 1. The second-order valence-electron chi connectivity index (χ2n) is 6.39. The number of benzene rings is 2. The van der Waals surface area contributed by atoms with Gasteiger partial charge in [0.15, 0.2) is 17.1 Å². The van der Waals surface area contributed by atoms with E-state index in [0.717, 1.165) is 18.0 Å². The number of hydrogen-bond acceptors (Lipinski definition) is 2. The van der Waals surface area contributed by atoms with Crippen LogP contribution in [0.1, 0.15) is 5.56 Å². The zero-order valence-electron chi connectivity index (χ0n) is 15.0. The van der Waals surface area contributed by atoms with Crippen LogP contribution in [0.15, 0.2) is 53.6 Å². The molecule has 7 heteroatoms. The van der Waals surface area contributed by atoms with Crippen LogP contribution in [-0.4, -0.2) is 16.7 Å². The van der Waals surface area contributed by atoms with Gasteiger partial charge < -0.3 is 14.3 Å². The molecule has 0 atom stereocenters. The van der Waals surface area contributed by atoms with E-state index < -0.39 is 11.6 Å². The Balaban J connectivity index is 1.83. The molecule has 2 heterocycles. The number of nitrogens with one attached hydrogen (secondary N) is 1. The summed E-state index contributed by atoms with van der Waals surface area (Å²) in [6.45, 7) is 1.73. The fourth-order valence-corrected chi connectivity index (χ4v) is 3.43. The monoisotopic (exact) mass is 400 g/mol. The largest absolute Gasteiger partial charge is 0.495 e. The molecule has 0 unspecified atom stereocenters. The summed E-state index contributed by atoms with van der Waals surface area (Å²) >= 11 is 6.14. The second kappa shape index (κ2) is 6.80. The minimum atomic E-state index is -0.911. The number of hydrogen-bond donors (Lipinski definition) is 1. The zero-order valence-corrected chi connectivity index (χ0v) is 15.8. The number of aromatic amines is 1. The molecular weight excluding hydrogens is 386 g/mol. The molecule has 0 aliphatic carbocycles. The molecule has 0 bridgehead atoms. The standard InChI is InChI=1S/C21H15ClF2N2O2/c1-11-20(25-18-8-19(28-2)15(22)7-14(18)21(11)27)12-3-5-13(6-4-12)26-9-16(23)17(24)10-26/h3-10H,1-2H3,(H,25,27). The molecule has 28 heavy (non-hydrogen) atoms. The Hall–Kier alpha value is -3.12. The highest BCUT2D eigenvalue weighted by Gasteiger charge is 2.13. The van der Waals surface area contributed by atoms with Crippen LogP contribution < -0.4 is 10.2 Å². The highest BCUT2D eigenvalue weighted by Crippen LogP contribution is 2.30. The van der Waals surface area contributed by atoms with Crippen LogP contribution >= 0.6 is 11.6 Å². The number of pyridine rings is 1. The number of halogens is 3. The Morgan fingerprint density at radius 1 is 1.07 bits per heavy atom. The van der Waals surface area contributed by atoms with E-state index in [-0.39, 0.29) is 5.43 Å². The van der Waals surface area contributed by atoms with Gasteiger partial charge in [0.25, 0.3) is 0 Å². The Bertz CT molecular complexity index is 1240. The van der Waals surface area contributed by atoms with E-state index in [1.807, 2.05) is 0 Å². The summed E-state index contributed by atoms with van der Waals surface area (Å²) in [5, 5.41) is 0.838. The maximum Gasteiger partial charge on any atom is 0.192 e. The van der Waals surface area contributed by atoms with Crippen LogP contribution in [0.4, 0.5) is 8.78 Å². The lowest BCUT2D eigenvalue weighted by molar-refractivity contribution is 0.415. The van der Waals surface area contributed by atoms with Gasteiger partial charge in [-0.05, 0) is 30.7 Å². The van der Waals surface area contributed by atoms with Crippen molar-refractivity contribution in [3.05, 3.63) is 81.2 Å². The van der Waals surface area contributed by atoms with Gasteiger partial charge in [0.05, 0.1) is 23.3 Å². The van der Waals surface area contributed by atoms with Gasteiger partial charge in [0.1, 0.15) is 5.75 Å². The lowest BCUT2D eigenvalue weighted by Crippen LogP contribution is -2.09. The van der Waals surface area contributed by atoms with Crippen molar-refractivity contribution in [3.63, 3.8) is 0 Å². The van der Waals surface area contributed by atoms with Crippen LogP contribution in [0.2, 0.25) is 5.02 Å². The molecule has 0 aliphatic rings. The minimum absolute atomic E-state index is 0.132. The normalized spacial score (nSPS) is 11.2. The molecule has 4 rings (SSSR count). The van der Waals surface area contributed by atoms with Crippen LogP contribution in [0.5, 0.6) is 5.75 Å². The highest BCUT2D eigenvalue weighted by molar-refractivity contribution is 6.32. The predicted molar refractivity (Wildman–Crippen MR) is 106 cm³/mol. The smallest absolute Gasteiger partial charge is 0.192 e. The predicted octanol–water partition coefficient (Wildman–Crippen LogP) is 5.23. The molecule has 0 fully saturated rings. The summed E-state index contributed by atoms with van der Waals surface area (Å²) in [6.07, 6.45) is 2.15. The third kappa shape index (κ3) is 2.96. The summed E-state index contributed by atoms with van der Waals surface area (Å²) in [7, 11) is 1.51. The van der Waals surface area contributed by atoms with Gasteiger partial charge in [-0.1, -0.05) is 23.7 Å². The van der Waals surface area contributed by atoms with Crippen LogP contribution in [-0.2, 0) is 0 Å². The Morgan fingerprint density at radius 2 is 1.71 bits per heavy atom. The van der Waals surface area contributed by atoms with Crippen LogP contribution in [0, 0.1) is 18.6 Å². The van der Waals surface area contributed by atoms with Gasteiger partial charge in [-0.25, -0.2) is 8.78 Å². The molecular formula is C21H15ClF2N2O2. The fourth-order valence-electron chi connectivity index (χ4n) is 3.19. The van der Waals surface area contributed by atoms with Crippen molar-refractivity contribution in [2.75, 3.05) is 7.11 Å². The maximum absolute atomic E-state index is 13.2. The Morgan fingerprint density at radius 3 is 2.32 bits per heavy atom. The number of ether oxygens (including phenoxy) is 1. The number of methoxy groups -OCH3 is 1. The van der Waals surface area contributed by atoms with E-state index in [4.69, 9.17) is 16.3 Å². The minimum Gasteiger partial charge on any atom is -0.495 e. The van der Waals surface area contributed by atoms with Crippen molar-refractivity contribution in [1.82, 2.24) is 9.55 Å². The molecule has 0 amide bonds. The molecule has 4 nitrogen and oxygen atoms in total. The van der Waals surface area contributed by atoms with Crippen molar-refractivity contribution < 1.29 is 13.5 Å². The second-order valence-corrected chi connectivity index (χ2v) is 6.80. The van der Waals surface area contributed by atoms with Crippen molar-refractivity contribution >= 4 is 22.5 Å². The number of H-pyrrole nitrogens is 1. The van der Waals surface area contributed by atoms with E-state index >= 15 is 0 Å². The Labute approximate surface area is 164 Å². The van der Waals surface area contributed by atoms with Gasteiger partial charge in [0.2, 0.25) is 0 Å². The van der Waals surface area contributed by atoms with Gasteiger partial charge in [0, 0.05) is 35.1 Å². The van der Waals surface area contributed by atoms with Gasteiger partial charge in [-0.2, -0.15) is 0 Å². The maximum atomic E-state index is 13.2. The van der Waals surface area contributed by atoms with Gasteiger partial charge in [-0.15, -0.1) is 0 Å². The molecule has 142 valence electrons. The molecule has 0 radical (unpaired) electrons. The van der Waals surface area contributed by atoms with Crippen molar-refractivity contribution in [2.24, 2.45) is 0 Å². The van der Waals surface area contributed by atoms with Crippen LogP contribution in [0.25, 0.3) is 27.8 Å². The third-order valence-corrected chi connectivity index (χ3v) is 4.99. The first-order valence-corrected chi connectivity index (χ1v) is 8.80. The van der Waals surface area contributed by atoms with E-state index in [0.29, 0.717) is 38.6 Å². The molecule has 0 saturated heterocycles. The van der Waals surface area contributed by atoms with Gasteiger partial charge >= 0.3 is 0 Å². The van der Waals surface area contributed by atoms with Crippen molar-refractivity contribution in [1.29, 1.82) is 0 Å². The first-order chi connectivity index (χ1) is 13.4. The summed E-state index contributed by atoms with van der Waals surface area (Å²) in [5.74, 6) is -1.36. The summed E-state index contributed by atoms with van der Waals surface area (Å²) in [5.41, 5.74) is 3.03. The zero-order chi connectivity index (χ0) is 20.0. The fraction of sp³-hybridized carbons (Fsp3) is 0.0952. The van der Waals surface area contributed by atoms with E-state index in [1.165, 1.54) is 11.7 Å². The first-order valence-electron chi connectivity index (χ1n) is 8.43. The highest BCUT2D eigenvalue weighted by atomic mass is 35.5. The SMILES string of the molecule is COc1cc2[nH]c(-c3ccc(-n4cc(F)c(F)c4)cc3)c(C)c(=O)c2cc1Cl. The van der Waals surface area contributed by atoms with Crippen LogP contribution in [0.3, 0.4) is 0 Å². The number of fused-ring (bicyclic) bond motifs is 1. The molecule has 4 aromatic rings. The Kier molecular flexibility index (Phi) is 4.43. The first kappa shape index (κ1) is 18.3. The van der Waals surface area contributed by atoms with Crippen molar-refractivity contribution in [3.8, 4) is 22.7 Å². The average Bonchev–Trinajstić information content (AvgIpc) is 3.03. The van der Waals surface area contributed by atoms with E-state index in [2.05, 4.69) is 4.98 Å². The lowest BCUT2D eigenvalue weighted by atomic mass is 10.0. The number of aromatic nitrogens is 2. The lowest BCUT2D eigenvalue weighted by Gasteiger charge is -2.11. The molecule has 0 spiro atoms. The summed E-state index contributed by atoms with van der Waals surface area (Å²) in [6, 6.07) is 10.3. The molecule has 2 aromatic carbocycles. The third-order valence-electron chi connectivity index (χ3n) is 4.70. The molecule has 0 aliphatic heterocycles. The topological polar surface area (TPSA) is 47.0 Å². The molecule has 0 saturated carbocycles. The van der Waals surface area contributed by atoms with E-state index in [1.54, 1.807) is 43.3 Å². The van der Waals surface area contributed by atoms with E-state index in [9.17, 15) is 13.6 Å². The summed E-state index contributed by atoms with van der Waals surface area (Å²) in [4.78, 5) is 16.1. The quantitative estimate of drug-likeness (QED) is 0.511. The average molecular weight is 401 g/mol. The molecule has 2 aromatic heterocycles.